The van der Waals surface area contributed by atoms with Gasteiger partial charge in [-0.1, -0.05) is 0 Å². The lowest BCUT2D eigenvalue weighted by molar-refractivity contribution is -0.0912. The maximum Gasteiger partial charge on any atom is 0.351 e. The fourth-order valence-electron chi connectivity index (χ4n) is 3.85. The molecule has 0 saturated carbocycles. The normalized spacial score (nSPS) is 41.9. The molecule has 1 aromatic rings. The van der Waals surface area contributed by atoms with Gasteiger partial charge in [0.1, 0.15) is 48.8 Å². The number of anilines is 1. The highest BCUT2D eigenvalue weighted by molar-refractivity contribution is 5.42. The second kappa shape index (κ2) is 7.86. The quantitative estimate of drug-likeness (QED) is 0.249. The lowest BCUT2D eigenvalue weighted by Crippen LogP contribution is -2.45. The fourth-order valence-corrected chi connectivity index (χ4v) is 3.85. The van der Waals surface area contributed by atoms with Crippen LogP contribution >= 0.6 is 0 Å². The highest BCUT2D eigenvalue weighted by Gasteiger charge is 2.48. The number of aliphatic hydroxyl groups excluding tert-OH is 6. The van der Waals surface area contributed by atoms with Crippen LogP contribution in [0.5, 0.6) is 0 Å². The first-order chi connectivity index (χ1) is 13.8. The zero-order chi connectivity index (χ0) is 20.9. The predicted molar refractivity (Wildman–Crippen MR) is 91.5 cm³/mol. The van der Waals surface area contributed by atoms with E-state index in [9.17, 15) is 35.4 Å². The Kier molecular flexibility index (Phi) is 5.58. The van der Waals surface area contributed by atoms with E-state index in [1.165, 1.54) is 6.20 Å². The van der Waals surface area contributed by atoms with Gasteiger partial charge in [0.2, 0.25) is 0 Å². The topological polar surface area (TPSA) is 196 Å². The highest BCUT2D eigenvalue weighted by atomic mass is 16.7. The summed E-state index contributed by atoms with van der Waals surface area (Å²) in [5.41, 5.74) is 2.20. The number of ether oxygens (including phenoxy) is 2. The van der Waals surface area contributed by atoms with Gasteiger partial charge in [-0.25, -0.2) is 10.3 Å². The van der Waals surface area contributed by atoms with Crippen molar-refractivity contribution in [3.63, 3.8) is 0 Å². The summed E-state index contributed by atoms with van der Waals surface area (Å²) in [5.74, 6) is 0.126. The van der Waals surface area contributed by atoms with E-state index in [0.717, 1.165) is 4.57 Å². The molecular weight excluding hydrogens is 394 g/mol. The van der Waals surface area contributed by atoms with Crippen LogP contribution in [0.15, 0.2) is 11.0 Å². The van der Waals surface area contributed by atoms with E-state index in [1.54, 1.807) is 0 Å². The van der Waals surface area contributed by atoms with Crippen LogP contribution in [-0.2, 0) is 20.7 Å². The van der Waals surface area contributed by atoms with Gasteiger partial charge < -0.3 is 40.1 Å². The van der Waals surface area contributed by atoms with Crippen LogP contribution in [0.1, 0.15) is 11.8 Å². The predicted octanol–water partition coefficient (Wildman–Crippen LogP) is -4.40. The van der Waals surface area contributed by atoms with Gasteiger partial charge in [-0.05, 0) is 0 Å². The molecule has 4 rings (SSSR count). The van der Waals surface area contributed by atoms with Gasteiger partial charge >= 0.3 is 5.69 Å². The molecule has 162 valence electrons. The highest BCUT2D eigenvalue weighted by Crippen LogP contribution is 2.32. The Labute approximate surface area is 163 Å². The maximum atomic E-state index is 12.3. The Hall–Kier alpha value is -1.68. The first-order valence-corrected chi connectivity index (χ1v) is 9.14. The molecule has 3 aliphatic rings. The minimum absolute atomic E-state index is 0.122. The van der Waals surface area contributed by atoms with Gasteiger partial charge in [-0.2, -0.15) is 4.98 Å². The molecule has 3 unspecified atom stereocenters. The van der Waals surface area contributed by atoms with Crippen molar-refractivity contribution in [3.8, 4) is 0 Å². The van der Waals surface area contributed by atoms with E-state index in [1.807, 2.05) is 0 Å². The molecule has 13 nitrogen and oxygen atoms in total. The summed E-state index contributed by atoms with van der Waals surface area (Å²) in [6.45, 7) is -1.01. The van der Waals surface area contributed by atoms with Gasteiger partial charge in [-0.3, -0.25) is 9.40 Å². The Morgan fingerprint density at radius 3 is 2.31 bits per heavy atom. The second-order valence-corrected chi connectivity index (χ2v) is 7.30. The van der Waals surface area contributed by atoms with Crippen molar-refractivity contribution < 1.29 is 45.0 Å². The number of nitrogens with one attached hydrogen (secondary N) is 1. The number of aromatic nitrogens is 2. The largest absolute Gasteiger partial charge is 0.394 e. The standard InChI is InChI=1S/C16H23N3O10/c20-3-7-9(22)11(24)13(27-7)6-1-5-2-19(16(26)17-14(5)18-29-6)15-12(25)10(23)8(4-21)28-15/h2,6-13,15,20-25H,1,3-4H2,(H,17,18,26)/t6?,7-,8-,9-,10-,11-,12-,13?,15?/m1/s1. The Bertz CT molecular complexity index is 806. The summed E-state index contributed by atoms with van der Waals surface area (Å²) in [6, 6.07) is 0. The lowest BCUT2D eigenvalue weighted by Gasteiger charge is -2.30. The zero-order valence-electron chi connectivity index (χ0n) is 15.1. The molecule has 1 aromatic heterocycles. The molecule has 2 fully saturated rings. The molecule has 3 aliphatic heterocycles. The molecule has 0 bridgehead atoms. The second-order valence-electron chi connectivity index (χ2n) is 7.30. The number of hydrogen-bond acceptors (Lipinski definition) is 12. The molecule has 9 atom stereocenters. The summed E-state index contributed by atoms with van der Waals surface area (Å²) in [4.78, 5) is 21.6. The summed E-state index contributed by atoms with van der Waals surface area (Å²) in [6.07, 6.45) is -8.87. The average Bonchev–Trinajstić information content (AvgIpc) is 3.17. The number of nitrogens with zero attached hydrogens (tertiary/aromatic N) is 2. The zero-order valence-corrected chi connectivity index (χ0v) is 15.1. The van der Waals surface area contributed by atoms with Crippen molar-refractivity contribution in [3.05, 3.63) is 22.2 Å². The molecule has 4 heterocycles. The van der Waals surface area contributed by atoms with Crippen LogP contribution in [0, 0.1) is 0 Å². The third-order valence-electron chi connectivity index (χ3n) is 5.49. The Balaban J connectivity index is 1.58. The molecule has 0 aromatic carbocycles. The third-order valence-corrected chi connectivity index (χ3v) is 5.49. The molecule has 2 saturated heterocycles. The average molecular weight is 417 g/mol. The van der Waals surface area contributed by atoms with Gasteiger partial charge in [0, 0.05) is 18.2 Å². The van der Waals surface area contributed by atoms with Crippen LogP contribution in [0.4, 0.5) is 5.82 Å². The molecule has 0 amide bonds. The molecule has 0 radical (unpaired) electrons. The number of rotatable bonds is 4. The molecular formula is C16H23N3O10. The van der Waals surface area contributed by atoms with Crippen molar-refractivity contribution in [1.82, 2.24) is 9.55 Å². The van der Waals surface area contributed by atoms with Crippen molar-refractivity contribution >= 4 is 5.82 Å². The number of hydrogen-bond donors (Lipinski definition) is 7. The van der Waals surface area contributed by atoms with E-state index in [4.69, 9.17) is 14.3 Å². The molecule has 13 heteroatoms. The van der Waals surface area contributed by atoms with Crippen molar-refractivity contribution in [1.29, 1.82) is 0 Å². The third kappa shape index (κ3) is 3.43. The summed E-state index contributed by atoms with van der Waals surface area (Å²) in [7, 11) is 0. The Morgan fingerprint density at radius 2 is 1.69 bits per heavy atom. The smallest absolute Gasteiger partial charge is 0.351 e. The van der Waals surface area contributed by atoms with Gasteiger partial charge in [0.05, 0.1) is 13.2 Å². The molecule has 0 spiro atoms. The van der Waals surface area contributed by atoms with Crippen LogP contribution in [0.3, 0.4) is 0 Å². The summed E-state index contributed by atoms with van der Waals surface area (Å²) < 4.78 is 11.9. The monoisotopic (exact) mass is 417 g/mol. The fraction of sp³-hybridized carbons (Fsp3) is 0.750. The molecule has 7 N–H and O–H groups in total. The SMILES string of the molecule is O=c1nc2c(cn1C1O[C@H](CO)[C@@H](O)[C@H]1O)CC(C1O[C@H](CO)[C@@H](O)[C@H]1O)ON2. The summed E-state index contributed by atoms with van der Waals surface area (Å²) >= 11 is 0. The first kappa shape index (κ1) is 20.6. The van der Waals surface area contributed by atoms with Gasteiger partial charge in [-0.15, -0.1) is 0 Å². The first-order valence-electron chi connectivity index (χ1n) is 9.14. The van der Waals surface area contributed by atoms with Crippen molar-refractivity contribution in [2.45, 2.75) is 61.5 Å². The van der Waals surface area contributed by atoms with Crippen LogP contribution in [0.25, 0.3) is 0 Å². The van der Waals surface area contributed by atoms with Gasteiger partial charge in [0.25, 0.3) is 0 Å². The Morgan fingerprint density at radius 1 is 1.03 bits per heavy atom. The maximum absolute atomic E-state index is 12.3. The van der Waals surface area contributed by atoms with E-state index >= 15 is 0 Å². The van der Waals surface area contributed by atoms with Crippen molar-refractivity contribution in [2.24, 2.45) is 0 Å². The minimum Gasteiger partial charge on any atom is -0.394 e. The van der Waals surface area contributed by atoms with E-state index < -0.39 is 74.0 Å². The van der Waals surface area contributed by atoms with Crippen molar-refractivity contribution in [2.75, 3.05) is 18.7 Å². The van der Waals surface area contributed by atoms with Crippen LogP contribution < -0.4 is 11.2 Å². The molecule has 0 aliphatic carbocycles. The van der Waals surface area contributed by atoms with Crippen LogP contribution in [0.2, 0.25) is 0 Å². The van der Waals surface area contributed by atoms with E-state index in [0.29, 0.717) is 5.56 Å². The number of fused-ring (bicyclic) bond motifs is 1. The van der Waals surface area contributed by atoms with Crippen LogP contribution in [-0.4, -0.2) is 102 Å². The minimum atomic E-state index is -1.45. The lowest BCUT2D eigenvalue weighted by atomic mass is 9.98. The van der Waals surface area contributed by atoms with Gasteiger partial charge in [0.15, 0.2) is 12.0 Å². The molecule has 29 heavy (non-hydrogen) atoms. The van der Waals surface area contributed by atoms with E-state index in [-0.39, 0.29) is 12.2 Å². The summed E-state index contributed by atoms with van der Waals surface area (Å²) in [5, 5.41) is 58.6. The van der Waals surface area contributed by atoms with E-state index in [2.05, 4.69) is 10.5 Å². The number of aliphatic hydroxyl groups is 6.